The Morgan fingerprint density at radius 2 is 1.68 bits per heavy atom. The molecular formula is C13H23NO3SSi. The van der Waals surface area contributed by atoms with E-state index in [1.807, 2.05) is 24.2 Å². The predicted molar refractivity (Wildman–Crippen MR) is 81.5 cm³/mol. The average Bonchev–Trinajstić information content (AvgIpc) is 2.48. The Bertz CT molecular complexity index is 328. The van der Waals surface area contributed by atoms with E-state index >= 15 is 0 Å². The first-order valence-electron chi connectivity index (χ1n) is 6.38. The molecule has 1 rings (SSSR count). The number of rotatable bonds is 10. The van der Waals surface area contributed by atoms with Crippen LogP contribution in [0.3, 0.4) is 0 Å². The summed E-state index contributed by atoms with van der Waals surface area (Å²) in [5, 5.41) is 0. The van der Waals surface area contributed by atoms with Crippen LogP contribution in [0.5, 0.6) is 0 Å². The molecule has 108 valence electrons. The van der Waals surface area contributed by atoms with Gasteiger partial charge in [0.1, 0.15) is 0 Å². The van der Waals surface area contributed by atoms with Gasteiger partial charge in [0, 0.05) is 39.8 Å². The fraction of sp³-hybridized carbons (Fsp3) is 0.615. The lowest BCUT2D eigenvalue weighted by Crippen LogP contribution is -2.42. The highest BCUT2D eigenvalue weighted by Crippen LogP contribution is 2.17. The summed E-state index contributed by atoms with van der Waals surface area (Å²) in [5.74, 6) is 2.24. The van der Waals surface area contributed by atoms with Crippen LogP contribution >= 0.6 is 11.8 Å². The van der Waals surface area contributed by atoms with Gasteiger partial charge in [0.2, 0.25) is 0 Å². The van der Waals surface area contributed by atoms with Crippen LogP contribution in [-0.4, -0.2) is 46.6 Å². The Kier molecular flexibility index (Phi) is 8.32. The van der Waals surface area contributed by atoms with Crippen molar-refractivity contribution in [2.24, 2.45) is 0 Å². The van der Waals surface area contributed by atoms with E-state index in [9.17, 15) is 0 Å². The third-order valence-corrected chi connectivity index (χ3v) is 6.89. The molecule has 19 heavy (non-hydrogen) atoms. The molecule has 0 N–H and O–H groups in total. The average molecular weight is 301 g/mol. The lowest BCUT2D eigenvalue weighted by atomic mass is 10.2. The Morgan fingerprint density at radius 1 is 1.05 bits per heavy atom. The summed E-state index contributed by atoms with van der Waals surface area (Å²) in [6, 6.07) is 5.01. The van der Waals surface area contributed by atoms with E-state index in [-0.39, 0.29) is 0 Å². The molecule has 0 aliphatic heterocycles. The van der Waals surface area contributed by atoms with Crippen molar-refractivity contribution in [3.8, 4) is 0 Å². The van der Waals surface area contributed by atoms with Crippen LogP contribution in [0.2, 0.25) is 6.04 Å². The number of pyridine rings is 1. The molecule has 6 heteroatoms. The summed E-state index contributed by atoms with van der Waals surface area (Å²) in [6.45, 7) is 0. The Morgan fingerprint density at radius 3 is 2.26 bits per heavy atom. The number of hydrogen-bond donors (Lipinski definition) is 0. The Balaban J connectivity index is 2.11. The van der Waals surface area contributed by atoms with Crippen molar-refractivity contribution in [2.75, 3.05) is 32.8 Å². The normalized spacial score (nSPS) is 11.7. The zero-order chi connectivity index (χ0) is 14.0. The van der Waals surface area contributed by atoms with Crippen LogP contribution in [0.1, 0.15) is 12.0 Å². The van der Waals surface area contributed by atoms with E-state index in [1.54, 1.807) is 21.3 Å². The van der Waals surface area contributed by atoms with Crippen molar-refractivity contribution in [1.29, 1.82) is 0 Å². The van der Waals surface area contributed by atoms with Crippen LogP contribution in [0, 0.1) is 0 Å². The monoisotopic (exact) mass is 301 g/mol. The molecule has 0 radical (unpaired) electrons. The van der Waals surface area contributed by atoms with Crippen LogP contribution in [0.15, 0.2) is 24.5 Å². The van der Waals surface area contributed by atoms with Gasteiger partial charge in [-0.1, -0.05) is 0 Å². The summed E-state index contributed by atoms with van der Waals surface area (Å²) >= 11 is 1.96. The van der Waals surface area contributed by atoms with Crippen LogP contribution < -0.4 is 0 Å². The molecule has 0 aliphatic rings. The zero-order valence-electron chi connectivity index (χ0n) is 11.9. The molecule has 0 aliphatic carbocycles. The van der Waals surface area contributed by atoms with E-state index in [4.69, 9.17) is 13.3 Å². The van der Waals surface area contributed by atoms with Crippen molar-refractivity contribution < 1.29 is 13.3 Å². The maximum absolute atomic E-state index is 5.39. The van der Waals surface area contributed by atoms with Gasteiger partial charge in [-0.25, -0.2) is 0 Å². The number of hydrogen-bond acceptors (Lipinski definition) is 5. The van der Waals surface area contributed by atoms with E-state index in [1.165, 1.54) is 5.56 Å². The summed E-state index contributed by atoms with van der Waals surface area (Å²) in [7, 11) is 2.62. The summed E-state index contributed by atoms with van der Waals surface area (Å²) in [6.07, 6.45) is 5.84. The third-order valence-electron chi connectivity index (χ3n) is 2.99. The van der Waals surface area contributed by atoms with E-state index in [0.717, 1.165) is 30.4 Å². The quantitative estimate of drug-likeness (QED) is 0.491. The van der Waals surface area contributed by atoms with E-state index in [0.29, 0.717) is 0 Å². The van der Waals surface area contributed by atoms with Crippen molar-refractivity contribution in [1.82, 2.24) is 4.98 Å². The van der Waals surface area contributed by atoms with Gasteiger partial charge in [-0.3, -0.25) is 4.98 Å². The van der Waals surface area contributed by atoms with Crippen molar-refractivity contribution in [3.63, 3.8) is 0 Å². The molecule has 4 nitrogen and oxygen atoms in total. The van der Waals surface area contributed by atoms with E-state index < -0.39 is 8.80 Å². The molecule has 0 amide bonds. The molecule has 0 saturated carbocycles. The second kappa shape index (κ2) is 9.49. The maximum atomic E-state index is 5.39. The van der Waals surface area contributed by atoms with Gasteiger partial charge in [-0.15, -0.1) is 0 Å². The minimum Gasteiger partial charge on any atom is -0.377 e. The number of aromatic nitrogens is 1. The number of thioether (sulfide) groups is 1. The maximum Gasteiger partial charge on any atom is 0.500 e. The highest BCUT2D eigenvalue weighted by atomic mass is 32.2. The fourth-order valence-corrected chi connectivity index (χ4v) is 4.70. The van der Waals surface area contributed by atoms with Gasteiger partial charge in [0.25, 0.3) is 0 Å². The molecular weight excluding hydrogens is 278 g/mol. The van der Waals surface area contributed by atoms with Gasteiger partial charge >= 0.3 is 8.80 Å². The van der Waals surface area contributed by atoms with E-state index in [2.05, 4.69) is 17.1 Å². The van der Waals surface area contributed by atoms with Gasteiger partial charge in [0.15, 0.2) is 0 Å². The summed E-state index contributed by atoms with van der Waals surface area (Å²) < 4.78 is 16.2. The smallest absolute Gasteiger partial charge is 0.377 e. The molecule has 1 heterocycles. The first-order valence-corrected chi connectivity index (χ1v) is 9.47. The van der Waals surface area contributed by atoms with Gasteiger partial charge in [-0.2, -0.15) is 11.8 Å². The molecule has 0 atom stereocenters. The molecule has 0 saturated heterocycles. The lowest BCUT2D eigenvalue weighted by Gasteiger charge is -2.24. The van der Waals surface area contributed by atoms with Crippen LogP contribution in [0.4, 0.5) is 0 Å². The minimum absolute atomic E-state index is 0.874. The minimum atomic E-state index is -2.36. The van der Waals surface area contributed by atoms with Crippen LogP contribution in [-0.2, 0) is 19.7 Å². The topological polar surface area (TPSA) is 40.6 Å². The molecule has 0 bridgehead atoms. The van der Waals surface area contributed by atoms with Gasteiger partial charge in [-0.05, 0) is 42.0 Å². The molecule has 0 spiro atoms. The molecule has 0 aromatic carbocycles. The largest absolute Gasteiger partial charge is 0.500 e. The second-order valence-electron chi connectivity index (χ2n) is 4.12. The van der Waals surface area contributed by atoms with Crippen LogP contribution in [0.25, 0.3) is 0 Å². The Hall–Kier alpha value is -0.403. The lowest BCUT2D eigenvalue weighted by molar-refractivity contribution is 0.123. The predicted octanol–water partition coefficient (Wildman–Crippen LogP) is 2.63. The summed E-state index contributed by atoms with van der Waals surface area (Å²) in [5.41, 5.74) is 1.34. The molecule has 1 aromatic heterocycles. The molecule has 1 aromatic rings. The summed E-state index contributed by atoms with van der Waals surface area (Å²) in [4.78, 5) is 4.01. The zero-order valence-corrected chi connectivity index (χ0v) is 13.7. The van der Waals surface area contributed by atoms with Crippen molar-refractivity contribution >= 4 is 20.6 Å². The molecule has 0 unspecified atom stereocenters. The third kappa shape index (κ3) is 6.05. The second-order valence-corrected chi connectivity index (χ2v) is 8.43. The number of nitrogens with zero attached hydrogens (tertiary/aromatic N) is 1. The first-order chi connectivity index (χ1) is 9.26. The highest BCUT2D eigenvalue weighted by molar-refractivity contribution is 7.99. The van der Waals surface area contributed by atoms with Crippen molar-refractivity contribution in [3.05, 3.63) is 30.1 Å². The SMILES string of the molecule is CO[Si](CCCSCCc1ccncc1)(OC)OC. The van der Waals surface area contributed by atoms with Crippen molar-refractivity contribution in [2.45, 2.75) is 18.9 Å². The highest BCUT2D eigenvalue weighted by Gasteiger charge is 2.36. The Labute approximate surface area is 121 Å². The van der Waals surface area contributed by atoms with Gasteiger partial charge < -0.3 is 13.3 Å². The van der Waals surface area contributed by atoms with Gasteiger partial charge in [0.05, 0.1) is 0 Å². The first kappa shape index (κ1) is 16.7. The standard InChI is InChI=1S/C13H23NO3SSi/c1-15-19(16-2,17-3)12-4-10-18-11-7-13-5-8-14-9-6-13/h5-6,8-9H,4,7,10-12H2,1-3H3. The number of aryl methyl sites for hydroxylation is 1. The fourth-order valence-electron chi connectivity index (χ4n) is 1.79. The molecule has 0 fully saturated rings.